The van der Waals surface area contributed by atoms with Crippen LogP contribution in [0, 0.1) is 0 Å². The molecule has 0 spiro atoms. The van der Waals surface area contributed by atoms with Gasteiger partial charge < -0.3 is 10.1 Å². The van der Waals surface area contributed by atoms with E-state index < -0.39 is 0 Å². The van der Waals surface area contributed by atoms with Crippen LogP contribution in [-0.4, -0.2) is 42.3 Å². The zero-order valence-corrected chi connectivity index (χ0v) is 11.6. The minimum absolute atomic E-state index is 0.0772. The molecule has 0 bridgehead atoms. The van der Waals surface area contributed by atoms with Crippen LogP contribution < -0.4 is 5.32 Å². The number of carbonyl (C=O) groups is 2. The molecule has 1 amide bonds. The Bertz CT molecular complexity index is 240. The monoisotopic (exact) mass is 242 g/mol. The molecule has 0 saturated carbocycles. The first-order valence-corrected chi connectivity index (χ1v) is 6.46. The van der Waals surface area contributed by atoms with Gasteiger partial charge in [-0.05, 0) is 46.7 Å². The van der Waals surface area contributed by atoms with Crippen molar-refractivity contribution in [3.05, 3.63) is 0 Å². The van der Waals surface area contributed by atoms with E-state index in [4.69, 9.17) is 0 Å². The first kappa shape index (κ1) is 16.1. The van der Waals surface area contributed by atoms with Gasteiger partial charge in [0.15, 0.2) is 0 Å². The van der Waals surface area contributed by atoms with Gasteiger partial charge in [0, 0.05) is 12.5 Å². The van der Waals surface area contributed by atoms with Crippen molar-refractivity contribution in [2.75, 3.05) is 19.6 Å². The number of likely N-dealkylation sites (N-methyl/N-ethyl adjacent to an activating group) is 1. The second-order valence-electron chi connectivity index (χ2n) is 4.75. The molecular weight excluding hydrogens is 216 g/mol. The van der Waals surface area contributed by atoms with E-state index >= 15 is 0 Å². The highest BCUT2D eigenvalue weighted by Gasteiger charge is 2.09. The van der Waals surface area contributed by atoms with Gasteiger partial charge in [-0.15, -0.1) is 0 Å². The summed E-state index contributed by atoms with van der Waals surface area (Å²) in [6.45, 7) is 9.79. The lowest BCUT2D eigenvalue weighted by Crippen LogP contribution is -2.40. The highest BCUT2D eigenvalue weighted by Crippen LogP contribution is 1.99. The van der Waals surface area contributed by atoms with E-state index in [1.165, 1.54) is 0 Å². The number of nitrogens with one attached hydrogen (secondary N) is 1. The maximum absolute atomic E-state index is 11.6. The molecule has 0 radical (unpaired) electrons. The van der Waals surface area contributed by atoms with E-state index in [2.05, 4.69) is 10.2 Å². The first-order chi connectivity index (χ1) is 7.95. The summed E-state index contributed by atoms with van der Waals surface area (Å²) in [5, 5.41) is 2.88. The van der Waals surface area contributed by atoms with E-state index in [0.717, 1.165) is 25.9 Å². The average Bonchev–Trinajstić information content (AvgIpc) is 2.21. The number of ketones is 1. The molecule has 17 heavy (non-hydrogen) atoms. The van der Waals surface area contributed by atoms with Crippen molar-refractivity contribution in [2.45, 2.75) is 53.0 Å². The third kappa shape index (κ3) is 10.00. The van der Waals surface area contributed by atoms with Gasteiger partial charge in [-0.2, -0.15) is 0 Å². The second-order valence-corrected chi connectivity index (χ2v) is 4.75. The highest BCUT2D eigenvalue weighted by atomic mass is 16.2. The number of amides is 1. The molecule has 100 valence electrons. The predicted octanol–water partition coefficient (Wildman–Crippen LogP) is 1.59. The largest absolute Gasteiger partial charge is 0.353 e. The molecule has 0 heterocycles. The van der Waals surface area contributed by atoms with Crippen LogP contribution in [0.15, 0.2) is 0 Å². The van der Waals surface area contributed by atoms with Crippen molar-refractivity contribution in [2.24, 2.45) is 0 Å². The molecule has 1 N–H and O–H groups in total. The van der Waals surface area contributed by atoms with E-state index in [0.29, 0.717) is 13.0 Å². The van der Waals surface area contributed by atoms with Gasteiger partial charge >= 0.3 is 0 Å². The van der Waals surface area contributed by atoms with Gasteiger partial charge in [-0.3, -0.25) is 9.69 Å². The fourth-order valence-electron chi connectivity index (χ4n) is 1.63. The molecule has 0 aliphatic heterocycles. The predicted molar refractivity (Wildman–Crippen MR) is 69.9 cm³/mol. The van der Waals surface area contributed by atoms with Crippen molar-refractivity contribution < 1.29 is 9.59 Å². The zero-order valence-electron chi connectivity index (χ0n) is 11.6. The van der Waals surface area contributed by atoms with Crippen LogP contribution in [0.1, 0.15) is 47.0 Å². The minimum Gasteiger partial charge on any atom is -0.353 e. The summed E-state index contributed by atoms with van der Waals surface area (Å²) in [6, 6.07) is 0.193. The lowest BCUT2D eigenvalue weighted by Gasteiger charge is -2.20. The molecule has 0 saturated heterocycles. The van der Waals surface area contributed by atoms with Gasteiger partial charge in [0.2, 0.25) is 5.91 Å². The summed E-state index contributed by atoms with van der Waals surface area (Å²) in [6.07, 6.45) is 2.54. The average molecular weight is 242 g/mol. The molecule has 4 nitrogen and oxygen atoms in total. The maximum atomic E-state index is 11.6. The van der Waals surface area contributed by atoms with Gasteiger partial charge in [-0.1, -0.05) is 6.92 Å². The van der Waals surface area contributed by atoms with Crippen LogP contribution >= 0.6 is 0 Å². The van der Waals surface area contributed by atoms with Crippen LogP contribution in [0.25, 0.3) is 0 Å². The number of nitrogens with zero attached hydrogens (tertiary/aromatic N) is 1. The molecule has 0 fully saturated rings. The number of unbranched alkanes of at least 4 members (excludes halogenated alkanes) is 1. The van der Waals surface area contributed by atoms with Crippen LogP contribution in [0.5, 0.6) is 0 Å². The Morgan fingerprint density at radius 3 is 2.35 bits per heavy atom. The Morgan fingerprint density at radius 2 is 1.88 bits per heavy atom. The molecule has 0 aromatic rings. The molecule has 0 aromatic carbocycles. The Kier molecular flexibility index (Phi) is 8.68. The molecule has 0 unspecified atom stereocenters. The van der Waals surface area contributed by atoms with E-state index in [1.807, 2.05) is 20.8 Å². The summed E-state index contributed by atoms with van der Waals surface area (Å²) in [4.78, 5) is 24.4. The van der Waals surface area contributed by atoms with Crippen molar-refractivity contribution >= 4 is 11.7 Å². The number of rotatable bonds is 9. The van der Waals surface area contributed by atoms with Gasteiger partial charge in [0.05, 0.1) is 6.54 Å². The lowest BCUT2D eigenvalue weighted by molar-refractivity contribution is -0.123. The van der Waals surface area contributed by atoms with Crippen molar-refractivity contribution in [1.29, 1.82) is 0 Å². The zero-order chi connectivity index (χ0) is 13.3. The quantitative estimate of drug-likeness (QED) is 0.625. The Hall–Kier alpha value is -0.900. The van der Waals surface area contributed by atoms with Crippen LogP contribution in [0.2, 0.25) is 0 Å². The Balaban J connectivity index is 3.75. The van der Waals surface area contributed by atoms with Crippen molar-refractivity contribution in [1.82, 2.24) is 10.2 Å². The van der Waals surface area contributed by atoms with Crippen LogP contribution in [0.4, 0.5) is 0 Å². The second kappa shape index (κ2) is 9.16. The highest BCUT2D eigenvalue weighted by molar-refractivity contribution is 5.78. The van der Waals surface area contributed by atoms with E-state index in [9.17, 15) is 9.59 Å². The molecule has 0 aliphatic carbocycles. The maximum Gasteiger partial charge on any atom is 0.234 e. The molecule has 0 aromatic heterocycles. The topological polar surface area (TPSA) is 49.4 Å². The fourth-order valence-corrected chi connectivity index (χ4v) is 1.63. The molecule has 0 aliphatic rings. The summed E-state index contributed by atoms with van der Waals surface area (Å²) in [7, 11) is 0. The number of hydrogen-bond donors (Lipinski definition) is 1. The Morgan fingerprint density at radius 1 is 1.24 bits per heavy atom. The molecular formula is C13H26N2O2. The van der Waals surface area contributed by atoms with Crippen LogP contribution in [0.3, 0.4) is 0 Å². The SMILES string of the molecule is CCN(CCCCC(C)=O)CC(=O)NC(C)C. The van der Waals surface area contributed by atoms with E-state index in [1.54, 1.807) is 6.92 Å². The molecule has 0 rings (SSSR count). The summed E-state index contributed by atoms with van der Waals surface area (Å²) >= 11 is 0. The third-order valence-electron chi connectivity index (χ3n) is 2.52. The molecule has 0 atom stereocenters. The van der Waals surface area contributed by atoms with Crippen LogP contribution in [-0.2, 0) is 9.59 Å². The summed E-state index contributed by atoms with van der Waals surface area (Å²) in [5.74, 6) is 0.319. The fraction of sp³-hybridized carbons (Fsp3) is 0.846. The number of carbonyl (C=O) groups excluding carboxylic acids is 2. The van der Waals surface area contributed by atoms with E-state index in [-0.39, 0.29) is 17.7 Å². The summed E-state index contributed by atoms with van der Waals surface area (Å²) in [5.41, 5.74) is 0. The lowest BCUT2D eigenvalue weighted by atomic mass is 10.2. The Labute approximate surface area is 105 Å². The first-order valence-electron chi connectivity index (χ1n) is 6.46. The smallest absolute Gasteiger partial charge is 0.234 e. The normalized spacial score (nSPS) is 10.9. The van der Waals surface area contributed by atoms with Gasteiger partial charge in [0.1, 0.15) is 5.78 Å². The number of Topliss-reactive ketones (excluding diaryl/α,β-unsaturated/α-hetero) is 1. The third-order valence-corrected chi connectivity index (χ3v) is 2.52. The van der Waals surface area contributed by atoms with Gasteiger partial charge in [0.25, 0.3) is 0 Å². The van der Waals surface area contributed by atoms with Gasteiger partial charge in [-0.25, -0.2) is 0 Å². The minimum atomic E-state index is 0.0772. The standard InChI is InChI=1S/C13H26N2O2/c1-5-15(9-7-6-8-12(4)16)10-13(17)14-11(2)3/h11H,5-10H2,1-4H3,(H,14,17). The van der Waals surface area contributed by atoms with Crippen molar-refractivity contribution in [3.8, 4) is 0 Å². The van der Waals surface area contributed by atoms with Crippen molar-refractivity contribution in [3.63, 3.8) is 0 Å². The summed E-state index contributed by atoms with van der Waals surface area (Å²) < 4.78 is 0. The number of hydrogen-bond acceptors (Lipinski definition) is 3. The molecule has 4 heteroatoms.